The van der Waals surface area contributed by atoms with E-state index < -0.39 is 0 Å². The highest BCUT2D eigenvalue weighted by Crippen LogP contribution is 2.20. The van der Waals surface area contributed by atoms with Crippen LogP contribution in [0.15, 0.2) is 12.1 Å². The van der Waals surface area contributed by atoms with Crippen molar-refractivity contribution in [2.75, 3.05) is 19.7 Å². The van der Waals surface area contributed by atoms with Crippen molar-refractivity contribution in [1.82, 2.24) is 9.88 Å². The van der Waals surface area contributed by atoms with Gasteiger partial charge < -0.3 is 5.11 Å². The largest absolute Gasteiger partial charge is 0.396 e. The van der Waals surface area contributed by atoms with Crippen molar-refractivity contribution in [3.8, 4) is 0 Å². The fourth-order valence-corrected chi connectivity index (χ4v) is 2.57. The molecule has 1 aromatic rings. The van der Waals surface area contributed by atoms with E-state index in [0.29, 0.717) is 16.2 Å². The molecule has 0 spiro atoms. The predicted octanol–water partition coefficient (Wildman–Crippen LogP) is 2.20. The van der Waals surface area contributed by atoms with E-state index in [2.05, 4.69) is 9.88 Å². The van der Waals surface area contributed by atoms with Crippen LogP contribution < -0.4 is 0 Å². The van der Waals surface area contributed by atoms with E-state index >= 15 is 0 Å². The molecule has 1 aromatic heterocycles. The van der Waals surface area contributed by atoms with Gasteiger partial charge in [0.15, 0.2) is 0 Å². The van der Waals surface area contributed by atoms with Crippen molar-refractivity contribution in [1.29, 1.82) is 0 Å². The summed E-state index contributed by atoms with van der Waals surface area (Å²) >= 11 is 11.7. The minimum absolute atomic E-state index is 0.272. The van der Waals surface area contributed by atoms with Gasteiger partial charge in [0.1, 0.15) is 10.3 Å². The van der Waals surface area contributed by atoms with Crippen LogP contribution in [-0.4, -0.2) is 34.7 Å². The fourth-order valence-electron chi connectivity index (χ4n) is 2.07. The molecular weight excluding hydrogens is 247 g/mol. The first-order chi connectivity index (χ1) is 7.67. The van der Waals surface area contributed by atoms with Gasteiger partial charge in [-0.1, -0.05) is 23.2 Å². The summed E-state index contributed by atoms with van der Waals surface area (Å²) in [6, 6.07) is 3.67. The van der Waals surface area contributed by atoms with Crippen LogP contribution in [0.2, 0.25) is 10.3 Å². The second kappa shape index (κ2) is 5.32. The third kappa shape index (κ3) is 3.08. The summed E-state index contributed by atoms with van der Waals surface area (Å²) in [6.07, 6.45) is 1.06. The molecule has 88 valence electrons. The van der Waals surface area contributed by atoms with Gasteiger partial charge in [0.05, 0.1) is 0 Å². The molecule has 1 fully saturated rings. The van der Waals surface area contributed by atoms with Gasteiger partial charge in [-0.3, -0.25) is 4.90 Å². The van der Waals surface area contributed by atoms with Crippen LogP contribution in [0.1, 0.15) is 12.0 Å². The van der Waals surface area contributed by atoms with Gasteiger partial charge in [0.2, 0.25) is 0 Å². The zero-order valence-corrected chi connectivity index (χ0v) is 10.4. The summed E-state index contributed by atoms with van der Waals surface area (Å²) in [7, 11) is 0. The minimum Gasteiger partial charge on any atom is -0.396 e. The van der Waals surface area contributed by atoms with Crippen LogP contribution in [0, 0.1) is 5.92 Å². The Kier molecular flexibility index (Phi) is 4.03. The maximum Gasteiger partial charge on any atom is 0.131 e. The van der Waals surface area contributed by atoms with Gasteiger partial charge in [-0.25, -0.2) is 4.98 Å². The van der Waals surface area contributed by atoms with Crippen LogP contribution in [0.3, 0.4) is 0 Å². The number of aliphatic hydroxyl groups is 1. The van der Waals surface area contributed by atoms with E-state index in [0.717, 1.165) is 31.6 Å². The Balaban J connectivity index is 1.99. The molecule has 0 aromatic carbocycles. The Morgan fingerprint density at radius 3 is 2.62 bits per heavy atom. The molecule has 1 unspecified atom stereocenters. The van der Waals surface area contributed by atoms with Crippen LogP contribution in [0.25, 0.3) is 0 Å². The van der Waals surface area contributed by atoms with Gasteiger partial charge in [0.25, 0.3) is 0 Å². The Labute approximate surface area is 105 Å². The lowest BCUT2D eigenvalue weighted by molar-refractivity contribution is 0.220. The van der Waals surface area contributed by atoms with Gasteiger partial charge in [-0.15, -0.1) is 0 Å². The quantitative estimate of drug-likeness (QED) is 0.847. The molecule has 5 heteroatoms. The molecule has 2 heterocycles. The average Bonchev–Trinajstić information content (AvgIpc) is 2.64. The number of likely N-dealkylation sites (tertiary alicyclic amines) is 1. The van der Waals surface area contributed by atoms with Gasteiger partial charge >= 0.3 is 0 Å². The highest BCUT2D eigenvalue weighted by Gasteiger charge is 2.21. The van der Waals surface area contributed by atoms with E-state index in [1.165, 1.54) is 0 Å². The standard InChI is InChI=1S/C11H14Cl2N2O/c12-10-3-9(4-11(13)14-10)6-15-2-1-8(5-15)7-16/h3-4,8,16H,1-2,5-7H2. The lowest BCUT2D eigenvalue weighted by atomic mass is 10.1. The Bertz CT molecular complexity index is 353. The number of aromatic nitrogens is 1. The topological polar surface area (TPSA) is 36.4 Å². The highest BCUT2D eigenvalue weighted by atomic mass is 35.5. The number of pyridine rings is 1. The number of hydrogen-bond acceptors (Lipinski definition) is 3. The predicted molar refractivity (Wildman–Crippen MR) is 64.7 cm³/mol. The average molecular weight is 261 g/mol. The summed E-state index contributed by atoms with van der Waals surface area (Å²) in [6.45, 7) is 3.05. The van der Waals surface area contributed by atoms with Crippen molar-refractivity contribution < 1.29 is 5.11 Å². The number of halogens is 2. The molecule has 3 nitrogen and oxygen atoms in total. The summed E-state index contributed by atoms with van der Waals surface area (Å²) in [5.41, 5.74) is 1.07. The molecule has 0 aliphatic carbocycles. The van der Waals surface area contributed by atoms with Crippen molar-refractivity contribution in [3.63, 3.8) is 0 Å². The Morgan fingerprint density at radius 2 is 2.06 bits per heavy atom. The summed E-state index contributed by atoms with van der Waals surface area (Å²) in [5, 5.41) is 9.92. The van der Waals surface area contributed by atoms with Gasteiger partial charge in [0, 0.05) is 19.7 Å². The molecule has 1 N–H and O–H groups in total. The molecule has 0 saturated carbocycles. The first kappa shape index (κ1) is 12.1. The highest BCUT2D eigenvalue weighted by molar-refractivity contribution is 6.32. The monoisotopic (exact) mass is 260 g/mol. The number of aliphatic hydroxyl groups excluding tert-OH is 1. The normalized spacial score (nSPS) is 21.6. The molecule has 1 aliphatic rings. The second-order valence-corrected chi connectivity index (χ2v) is 4.97. The molecule has 1 saturated heterocycles. The molecule has 2 rings (SSSR count). The van der Waals surface area contributed by atoms with E-state index in [9.17, 15) is 0 Å². The summed E-state index contributed by atoms with van der Waals surface area (Å²) in [5.74, 6) is 0.410. The Hall–Kier alpha value is -0.350. The van der Waals surface area contributed by atoms with Crippen LogP contribution in [0.5, 0.6) is 0 Å². The molecule has 0 amide bonds. The molecule has 1 aliphatic heterocycles. The lowest BCUT2D eigenvalue weighted by Gasteiger charge is -2.15. The molecule has 0 bridgehead atoms. The van der Waals surface area contributed by atoms with Crippen molar-refractivity contribution in [2.24, 2.45) is 5.92 Å². The van der Waals surface area contributed by atoms with Crippen molar-refractivity contribution in [3.05, 3.63) is 28.0 Å². The number of hydrogen-bond donors (Lipinski definition) is 1. The second-order valence-electron chi connectivity index (χ2n) is 4.19. The summed E-state index contributed by atoms with van der Waals surface area (Å²) < 4.78 is 0. The number of rotatable bonds is 3. The van der Waals surface area contributed by atoms with Crippen LogP contribution in [0.4, 0.5) is 0 Å². The van der Waals surface area contributed by atoms with Gasteiger partial charge in [-0.05, 0) is 36.6 Å². The summed E-state index contributed by atoms with van der Waals surface area (Å²) in [4.78, 5) is 6.21. The third-order valence-electron chi connectivity index (χ3n) is 2.86. The molecule has 16 heavy (non-hydrogen) atoms. The zero-order valence-electron chi connectivity index (χ0n) is 8.87. The van der Waals surface area contributed by atoms with E-state index in [1.807, 2.05) is 12.1 Å². The smallest absolute Gasteiger partial charge is 0.131 e. The third-order valence-corrected chi connectivity index (χ3v) is 3.24. The SMILES string of the molecule is OCC1CCN(Cc2cc(Cl)nc(Cl)c2)C1. The van der Waals surface area contributed by atoms with Crippen LogP contribution in [-0.2, 0) is 6.54 Å². The minimum atomic E-state index is 0.272. The molecule has 1 atom stereocenters. The maximum absolute atomic E-state index is 9.06. The number of nitrogens with zero attached hydrogens (tertiary/aromatic N) is 2. The van der Waals surface area contributed by atoms with Gasteiger partial charge in [-0.2, -0.15) is 0 Å². The zero-order chi connectivity index (χ0) is 11.5. The van der Waals surface area contributed by atoms with Crippen LogP contribution >= 0.6 is 23.2 Å². The first-order valence-electron chi connectivity index (χ1n) is 5.32. The van der Waals surface area contributed by atoms with E-state index in [4.69, 9.17) is 28.3 Å². The van der Waals surface area contributed by atoms with E-state index in [-0.39, 0.29) is 6.61 Å². The molecular formula is C11H14Cl2N2O. The maximum atomic E-state index is 9.06. The van der Waals surface area contributed by atoms with Crippen molar-refractivity contribution >= 4 is 23.2 Å². The molecule has 0 radical (unpaired) electrons. The van der Waals surface area contributed by atoms with E-state index in [1.54, 1.807) is 0 Å². The Morgan fingerprint density at radius 1 is 1.38 bits per heavy atom. The lowest BCUT2D eigenvalue weighted by Crippen LogP contribution is -2.21. The van der Waals surface area contributed by atoms with Crippen molar-refractivity contribution in [2.45, 2.75) is 13.0 Å². The fraction of sp³-hybridized carbons (Fsp3) is 0.545. The first-order valence-corrected chi connectivity index (χ1v) is 6.08.